The molecule has 2 rings (SSSR count). The van der Waals surface area contributed by atoms with Gasteiger partial charge in [0.05, 0.1) is 4.90 Å². The zero-order valence-electron chi connectivity index (χ0n) is 8.33. The summed E-state index contributed by atoms with van der Waals surface area (Å²) in [5.74, 6) is 0.458. The second-order valence-electron chi connectivity index (χ2n) is 3.14. The predicted octanol–water partition coefficient (Wildman–Crippen LogP) is 1.41. The third kappa shape index (κ3) is 1.94. The summed E-state index contributed by atoms with van der Waals surface area (Å²) in [6, 6.07) is 6.40. The Labute approximate surface area is 97.1 Å². The molecule has 0 bridgehead atoms. The quantitative estimate of drug-likeness (QED) is 0.763. The first-order chi connectivity index (χ1) is 7.50. The van der Waals surface area contributed by atoms with Gasteiger partial charge in [-0.3, -0.25) is 0 Å². The fraction of sp³-hybridized carbons (Fsp3) is 0.111. The van der Waals surface area contributed by atoms with Crippen LogP contribution in [0.3, 0.4) is 0 Å². The van der Waals surface area contributed by atoms with Crippen LogP contribution in [0.25, 0.3) is 11.4 Å². The SMILES string of the molecule is Cn1ncnc1-c1ccccc1S(=O)(=O)Cl. The predicted molar refractivity (Wildman–Crippen MR) is 59.5 cm³/mol. The van der Waals surface area contributed by atoms with Gasteiger partial charge in [0.25, 0.3) is 9.05 Å². The average Bonchev–Trinajstić information content (AvgIpc) is 2.63. The van der Waals surface area contributed by atoms with Gasteiger partial charge < -0.3 is 0 Å². The van der Waals surface area contributed by atoms with Crippen molar-refractivity contribution in [3.05, 3.63) is 30.6 Å². The van der Waals surface area contributed by atoms with Crippen molar-refractivity contribution in [1.29, 1.82) is 0 Å². The Morgan fingerprint density at radius 3 is 2.56 bits per heavy atom. The van der Waals surface area contributed by atoms with E-state index >= 15 is 0 Å². The molecule has 1 aromatic carbocycles. The summed E-state index contributed by atoms with van der Waals surface area (Å²) in [6.45, 7) is 0. The molecule has 1 aromatic heterocycles. The van der Waals surface area contributed by atoms with E-state index in [-0.39, 0.29) is 4.90 Å². The molecule has 16 heavy (non-hydrogen) atoms. The molecule has 0 aliphatic carbocycles. The molecule has 0 unspecified atom stereocenters. The van der Waals surface area contributed by atoms with Gasteiger partial charge in [-0.2, -0.15) is 5.10 Å². The van der Waals surface area contributed by atoms with E-state index in [1.807, 2.05) is 0 Å². The summed E-state index contributed by atoms with van der Waals surface area (Å²) >= 11 is 0. The van der Waals surface area contributed by atoms with Crippen LogP contribution in [-0.4, -0.2) is 23.2 Å². The first-order valence-corrected chi connectivity index (χ1v) is 6.69. The summed E-state index contributed by atoms with van der Waals surface area (Å²) in [4.78, 5) is 4.02. The van der Waals surface area contributed by atoms with Crippen molar-refractivity contribution in [3.63, 3.8) is 0 Å². The van der Waals surface area contributed by atoms with E-state index in [0.717, 1.165) is 0 Å². The lowest BCUT2D eigenvalue weighted by atomic mass is 10.2. The number of rotatable bonds is 2. The van der Waals surface area contributed by atoms with Gasteiger partial charge in [0, 0.05) is 23.3 Å². The average molecular weight is 258 g/mol. The highest BCUT2D eigenvalue weighted by Gasteiger charge is 2.18. The Hall–Kier alpha value is -1.40. The van der Waals surface area contributed by atoms with Crippen LogP contribution >= 0.6 is 10.7 Å². The normalized spacial score (nSPS) is 11.6. The van der Waals surface area contributed by atoms with Gasteiger partial charge in [-0.1, -0.05) is 12.1 Å². The molecule has 0 N–H and O–H groups in total. The highest BCUT2D eigenvalue weighted by molar-refractivity contribution is 8.13. The van der Waals surface area contributed by atoms with E-state index in [1.54, 1.807) is 25.2 Å². The molecule has 0 fully saturated rings. The zero-order valence-corrected chi connectivity index (χ0v) is 9.90. The third-order valence-corrected chi connectivity index (χ3v) is 3.48. The number of aryl methyl sites for hydroxylation is 1. The molecule has 0 atom stereocenters. The number of nitrogens with zero attached hydrogens (tertiary/aromatic N) is 3. The Bertz CT molecular complexity index is 621. The van der Waals surface area contributed by atoms with E-state index < -0.39 is 9.05 Å². The standard InChI is InChI=1S/C9H8ClN3O2S/c1-13-9(11-6-12-13)7-4-2-3-5-8(7)16(10,14)15/h2-6H,1H3. The summed E-state index contributed by atoms with van der Waals surface area (Å²) in [5, 5.41) is 3.88. The van der Waals surface area contributed by atoms with Gasteiger partial charge >= 0.3 is 0 Å². The van der Waals surface area contributed by atoms with Gasteiger partial charge in [-0.15, -0.1) is 0 Å². The largest absolute Gasteiger partial charge is 0.262 e. The fourth-order valence-corrected chi connectivity index (χ4v) is 2.47. The second kappa shape index (κ2) is 3.88. The molecule has 2 aromatic rings. The highest BCUT2D eigenvalue weighted by Crippen LogP contribution is 2.27. The number of aromatic nitrogens is 3. The monoisotopic (exact) mass is 257 g/mol. The Morgan fingerprint density at radius 1 is 1.31 bits per heavy atom. The van der Waals surface area contributed by atoms with Crippen molar-refractivity contribution in [2.24, 2.45) is 7.05 Å². The minimum atomic E-state index is -3.79. The molecule has 0 saturated carbocycles. The molecule has 0 amide bonds. The maximum atomic E-state index is 11.4. The first-order valence-electron chi connectivity index (χ1n) is 4.38. The van der Waals surface area contributed by atoms with Gasteiger partial charge in [-0.25, -0.2) is 18.1 Å². The Balaban J connectivity index is 2.72. The number of benzene rings is 1. The molecule has 0 radical (unpaired) electrons. The van der Waals surface area contributed by atoms with Crippen molar-refractivity contribution in [2.45, 2.75) is 4.90 Å². The van der Waals surface area contributed by atoms with Gasteiger partial charge in [-0.05, 0) is 12.1 Å². The lowest BCUT2D eigenvalue weighted by Crippen LogP contribution is -2.00. The lowest BCUT2D eigenvalue weighted by Gasteiger charge is -2.04. The van der Waals surface area contributed by atoms with Crippen LogP contribution in [-0.2, 0) is 16.1 Å². The first kappa shape index (κ1) is 11.1. The van der Waals surface area contributed by atoms with Gasteiger partial charge in [0.15, 0.2) is 5.82 Å². The smallest absolute Gasteiger partial charge is 0.249 e. The van der Waals surface area contributed by atoms with Crippen molar-refractivity contribution in [3.8, 4) is 11.4 Å². The zero-order chi connectivity index (χ0) is 11.8. The maximum Gasteiger partial charge on any atom is 0.262 e. The lowest BCUT2D eigenvalue weighted by molar-refractivity contribution is 0.609. The molecule has 0 aliphatic heterocycles. The molecule has 0 spiro atoms. The molecule has 1 heterocycles. The molecule has 84 valence electrons. The molecule has 5 nitrogen and oxygen atoms in total. The minimum Gasteiger partial charge on any atom is -0.249 e. The van der Waals surface area contributed by atoms with Crippen molar-refractivity contribution >= 4 is 19.7 Å². The Kier molecular flexibility index (Phi) is 2.69. The van der Waals surface area contributed by atoms with E-state index in [1.165, 1.54) is 17.1 Å². The number of hydrogen-bond acceptors (Lipinski definition) is 4. The molecule has 7 heteroatoms. The molecule has 0 saturated heterocycles. The Morgan fingerprint density at radius 2 is 2.00 bits per heavy atom. The van der Waals surface area contributed by atoms with Gasteiger partial charge in [0.1, 0.15) is 6.33 Å². The highest BCUT2D eigenvalue weighted by atomic mass is 35.7. The van der Waals surface area contributed by atoms with Crippen LogP contribution in [0, 0.1) is 0 Å². The second-order valence-corrected chi connectivity index (χ2v) is 5.68. The molecular formula is C9H8ClN3O2S. The van der Waals surface area contributed by atoms with Crippen LogP contribution in [0.4, 0.5) is 0 Å². The minimum absolute atomic E-state index is 0.0350. The van der Waals surface area contributed by atoms with Crippen LogP contribution in [0.5, 0.6) is 0 Å². The molecular weight excluding hydrogens is 250 g/mol. The van der Waals surface area contributed by atoms with E-state index in [9.17, 15) is 8.42 Å². The number of halogens is 1. The summed E-state index contributed by atoms with van der Waals surface area (Å²) in [5.41, 5.74) is 0.442. The summed E-state index contributed by atoms with van der Waals surface area (Å²) < 4.78 is 24.2. The van der Waals surface area contributed by atoms with Crippen LogP contribution in [0.2, 0.25) is 0 Å². The topological polar surface area (TPSA) is 64.8 Å². The van der Waals surface area contributed by atoms with Crippen LogP contribution in [0.15, 0.2) is 35.5 Å². The van der Waals surface area contributed by atoms with Crippen molar-refractivity contribution < 1.29 is 8.42 Å². The summed E-state index contributed by atoms with van der Waals surface area (Å²) in [7, 11) is 3.24. The fourth-order valence-electron chi connectivity index (χ4n) is 1.40. The van der Waals surface area contributed by atoms with Crippen molar-refractivity contribution in [2.75, 3.05) is 0 Å². The third-order valence-electron chi connectivity index (χ3n) is 2.10. The number of hydrogen-bond donors (Lipinski definition) is 0. The van der Waals surface area contributed by atoms with Crippen LogP contribution in [0.1, 0.15) is 0 Å². The van der Waals surface area contributed by atoms with E-state index in [0.29, 0.717) is 11.4 Å². The van der Waals surface area contributed by atoms with Crippen LogP contribution < -0.4 is 0 Å². The molecule has 0 aliphatic rings. The summed E-state index contributed by atoms with van der Waals surface area (Å²) in [6.07, 6.45) is 1.35. The van der Waals surface area contributed by atoms with E-state index in [4.69, 9.17) is 10.7 Å². The van der Waals surface area contributed by atoms with Crippen molar-refractivity contribution in [1.82, 2.24) is 14.8 Å². The van der Waals surface area contributed by atoms with Gasteiger partial charge in [0.2, 0.25) is 0 Å². The van der Waals surface area contributed by atoms with E-state index in [2.05, 4.69) is 10.1 Å². The maximum absolute atomic E-state index is 11.4.